The van der Waals surface area contributed by atoms with Gasteiger partial charge >= 0.3 is 0 Å². The van der Waals surface area contributed by atoms with E-state index in [1.165, 1.54) is 7.11 Å². The summed E-state index contributed by atoms with van der Waals surface area (Å²) in [6.07, 6.45) is 0.618. The van der Waals surface area contributed by atoms with Gasteiger partial charge < -0.3 is 15.6 Å². The van der Waals surface area contributed by atoms with Crippen molar-refractivity contribution in [1.29, 1.82) is 0 Å². The molecule has 0 heterocycles. The van der Waals surface area contributed by atoms with Crippen LogP contribution in [0, 0.1) is 0 Å². The van der Waals surface area contributed by atoms with Gasteiger partial charge in [-0.15, -0.1) is 0 Å². The molecule has 0 spiro atoms. The van der Waals surface area contributed by atoms with Crippen molar-refractivity contribution in [2.24, 2.45) is 5.73 Å². The predicted molar refractivity (Wildman–Crippen MR) is 59.4 cm³/mol. The summed E-state index contributed by atoms with van der Waals surface area (Å²) in [5, 5.41) is 9.47. The Balaban J connectivity index is 2.60. The third-order valence-electron chi connectivity index (χ3n) is 1.90. The van der Waals surface area contributed by atoms with Crippen molar-refractivity contribution >= 4 is 17.3 Å². The Morgan fingerprint density at radius 1 is 1.50 bits per heavy atom. The predicted octanol–water partition coefficient (Wildman–Crippen LogP) is 1.24. The quantitative estimate of drug-likeness (QED) is 0.738. The molecule has 3 nitrogen and oxygen atoms in total. The number of aromatic hydroxyl groups is 1. The maximum Gasteiger partial charge on any atom is 0.176 e. The zero-order chi connectivity index (χ0) is 10.6. The molecule has 0 amide bonds. The molecule has 0 aromatic heterocycles. The first kappa shape index (κ1) is 10.9. The molecule has 76 valence electrons. The number of methoxy groups -OCH3 is 1. The summed E-state index contributed by atoms with van der Waals surface area (Å²) in [7, 11) is 1.51. The third-order valence-corrected chi connectivity index (χ3v) is 2.37. The highest BCUT2D eigenvalue weighted by molar-refractivity contribution is 7.80. The van der Waals surface area contributed by atoms with Crippen LogP contribution >= 0.6 is 12.2 Å². The van der Waals surface area contributed by atoms with E-state index < -0.39 is 0 Å². The summed E-state index contributed by atoms with van der Waals surface area (Å²) in [5.74, 6) is 0.247. The summed E-state index contributed by atoms with van der Waals surface area (Å²) in [6.45, 7) is 0. The van der Waals surface area contributed by atoms with Crippen molar-refractivity contribution in [3.63, 3.8) is 0 Å². The van der Waals surface area contributed by atoms with Crippen molar-refractivity contribution < 1.29 is 9.84 Å². The van der Waals surface area contributed by atoms with E-state index in [4.69, 9.17) is 27.8 Å². The zero-order valence-corrected chi connectivity index (χ0v) is 8.75. The van der Waals surface area contributed by atoms with Gasteiger partial charge in [-0.3, -0.25) is 0 Å². The molecule has 0 aliphatic heterocycles. The summed E-state index contributed by atoms with van der Waals surface area (Å²) in [5.41, 5.74) is 6.79. The van der Waals surface area contributed by atoms with Gasteiger partial charge in [-0.05, 0) is 36.3 Å². The number of thiocarbonyl (C=S) groups is 1. The highest BCUT2D eigenvalue weighted by Gasteiger charge is 2.09. The monoisotopic (exact) mass is 211 g/mol. The standard InChI is InChI=1S/C10H13NO2S/c1-13-10(14)9(11)6-7-2-4-8(12)5-3-7/h2-5,9,12H,6,11H2,1H3/t9-/m0/s1. The first-order valence-corrected chi connectivity index (χ1v) is 4.65. The average Bonchev–Trinajstić information content (AvgIpc) is 2.20. The number of hydrogen-bond acceptors (Lipinski definition) is 4. The largest absolute Gasteiger partial charge is 0.508 e. The number of benzene rings is 1. The van der Waals surface area contributed by atoms with Crippen LogP contribution in [0.4, 0.5) is 0 Å². The minimum atomic E-state index is -0.278. The van der Waals surface area contributed by atoms with Crippen molar-refractivity contribution in [2.45, 2.75) is 12.5 Å². The number of hydrogen-bond donors (Lipinski definition) is 2. The van der Waals surface area contributed by atoms with Gasteiger partial charge in [-0.2, -0.15) is 0 Å². The fraction of sp³-hybridized carbons (Fsp3) is 0.300. The lowest BCUT2D eigenvalue weighted by Gasteiger charge is -2.11. The smallest absolute Gasteiger partial charge is 0.176 e. The summed E-state index contributed by atoms with van der Waals surface area (Å²) < 4.78 is 4.86. The maximum absolute atomic E-state index is 9.06. The Kier molecular flexibility index (Phi) is 3.85. The van der Waals surface area contributed by atoms with Crippen LogP contribution in [0.5, 0.6) is 5.75 Å². The van der Waals surface area contributed by atoms with Crippen LogP contribution in [0.15, 0.2) is 24.3 Å². The normalized spacial score (nSPS) is 12.1. The molecule has 1 atom stereocenters. The lowest BCUT2D eigenvalue weighted by atomic mass is 10.1. The summed E-state index contributed by atoms with van der Waals surface area (Å²) in [4.78, 5) is 0. The Bertz CT molecular complexity index is 310. The first-order chi connectivity index (χ1) is 6.63. The van der Waals surface area contributed by atoms with Crippen LogP contribution in [-0.2, 0) is 11.2 Å². The average molecular weight is 211 g/mol. The molecule has 0 unspecified atom stereocenters. The van der Waals surface area contributed by atoms with Crippen LogP contribution in [0.1, 0.15) is 5.56 Å². The second-order valence-corrected chi connectivity index (χ2v) is 3.40. The third kappa shape index (κ3) is 2.97. The van der Waals surface area contributed by atoms with Gasteiger partial charge in [0.05, 0.1) is 13.2 Å². The van der Waals surface area contributed by atoms with E-state index in [2.05, 4.69) is 0 Å². The molecule has 0 saturated heterocycles. The van der Waals surface area contributed by atoms with Gasteiger partial charge in [0, 0.05) is 0 Å². The number of nitrogens with two attached hydrogens (primary N) is 1. The van der Waals surface area contributed by atoms with E-state index >= 15 is 0 Å². The SMILES string of the molecule is COC(=S)[C@@H](N)Cc1ccc(O)cc1. The van der Waals surface area contributed by atoms with Crippen LogP contribution in [0.2, 0.25) is 0 Å². The van der Waals surface area contributed by atoms with Crippen LogP contribution in [-0.4, -0.2) is 23.3 Å². The number of rotatable bonds is 3. The van der Waals surface area contributed by atoms with Gasteiger partial charge in [0.2, 0.25) is 0 Å². The zero-order valence-electron chi connectivity index (χ0n) is 7.93. The molecule has 1 aromatic rings. The molecule has 0 aliphatic carbocycles. The number of phenols is 1. The van der Waals surface area contributed by atoms with E-state index in [-0.39, 0.29) is 11.8 Å². The summed E-state index contributed by atoms with van der Waals surface area (Å²) >= 11 is 4.91. The molecule has 3 N–H and O–H groups in total. The Morgan fingerprint density at radius 3 is 2.57 bits per heavy atom. The minimum Gasteiger partial charge on any atom is -0.508 e. The second kappa shape index (κ2) is 4.93. The first-order valence-electron chi connectivity index (χ1n) is 4.25. The van der Waals surface area contributed by atoms with Crippen molar-refractivity contribution in [3.8, 4) is 5.75 Å². The maximum atomic E-state index is 9.06. The van der Waals surface area contributed by atoms with E-state index in [1.807, 2.05) is 12.1 Å². The van der Waals surface area contributed by atoms with E-state index in [0.717, 1.165) is 5.56 Å². The molecular formula is C10H13NO2S. The van der Waals surface area contributed by atoms with Gasteiger partial charge in [0.1, 0.15) is 5.75 Å². The van der Waals surface area contributed by atoms with E-state index in [0.29, 0.717) is 11.5 Å². The molecular weight excluding hydrogens is 198 g/mol. The van der Waals surface area contributed by atoms with Crippen LogP contribution in [0.25, 0.3) is 0 Å². The summed E-state index contributed by atoms with van der Waals surface area (Å²) in [6, 6.07) is 6.59. The van der Waals surface area contributed by atoms with Crippen LogP contribution < -0.4 is 5.73 Å². The molecule has 0 bridgehead atoms. The van der Waals surface area contributed by atoms with Gasteiger partial charge in [0.15, 0.2) is 5.05 Å². The second-order valence-electron chi connectivity index (χ2n) is 3.00. The van der Waals surface area contributed by atoms with E-state index in [9.17, 15) is 0 Å². The molecule has 14 heavy (non-hydrogen) atoms. The Morgan fingerprint density at radius 2 is 2.07 bits per heavy atom. The lowest BCUT2D eigenvalue weighted by molar-refractivity contribution is 0.393. The molecule has 0 radical (unpaired) electrons. The van der Waals surface area contributed by atoms with Gasteiger partial charge in [0.25, 0.3) is 0 Å². The highest BCUT2D eigenvalue weighted by atomic mass is 32.1. The minimum absolute atomic E-state index is 0.247. The van der Waals surface area contributed by atoms with Crippen molar-refractivity contribution in [3.05, 3.63) is 29.8 Å². The molecule has 0 aliphatic rings. The Hall–Kier alpha value is -1.13. The topological polar surface area (TPSA) is 55.5 Å². The molecule has 1 rings (SSSR count). The fourth-order valence-corrected chi connectivity index (χ4v) is 1.20. The molecule has 1 aromatic carbocycles. The molecule has 4 heteroatoms. The fourth-order valence-electron chi connectivity index (χ4n) is 1.12. The van der Waals surface area contributed by atoms with E-state index in [1.54, 1.807) is 12.1 Å². The number of ether oxygens (including phenoxy) is 1. The number of phenolic OH excluding ortho intramolecular Hbond substituents is 1. The van der Waals surface area contributed by atoms with Crippen molar-refractivity contribution in [1.82, 2.24) is 0 Å². The van der Waals surface area contributed by atoms with Crippen LogP contribution in [0.3, 0.4) is 0 Å². The van der Waals surface area contributed by atoms with Gasteiger partial charge in [-0.25, -0.2) is 0 Å². The van der Waals surface area contributed by atoms with Gasteiger partial charge in [-0.1, -0.05) is 12.1 Å². The molecule has 0 saturated carbocycles. The highest BCUT2D eigenvalue weighted by Crippen LogP contribution is 2.11. The Labute approximate surface area is 88.5 Å². The lowest BCUT2D eigenvalue weighted by Crippen LogP contribution is -2.32. The molecule has 0 fully saturated rings. The van der Waals surface area contributed by atoms with Crippen molar-refractivity contribution in [2.75, 3.05) is 7.11 Å².